The van der Waals surface area contributed by atoms with Crippen molar-refractivity contribution in [1.29, 1.82) is 0 Å². The van der Waals surface area contributed by atoms with Crippen LogP contribution in [-0.4, -0.2) is 42.6 Å². The van der Waals surface area contributed by atoms with E-state index in [1.165, 1.54) is 0 Å². The zero-order valence-electron chi connectivity index (χ0n) is 10.8. The second-order valence-corrected chi connectivity index (χ2v) is 4.47. The molecule has 0 saturated heterocycles. The van der Waals surface area contributed by atoms with Crippen molar-refractivity contribution in [2.75, 3.05) is 20.6 Å². The van der Waals surface area contributed by atoms with Gasteiger partial charge in [0.15, 0.2) is 0 Å². The fraction of sp³-hybridized carbons (Fsp3) is 0.462. The summed E-state index contributed by atoms with van der Waals surface area (Å²) in [5, 5.41) is 12.4. The van der Waals surface area contributed by atoms with Gasteiger partial charge >= 0.3 is 0 Å². The van der Waals surface area contributed by atoms with Gasteiger partial charge in [0.2, 0.25) is 0 Å². The molecule has 1 atom stereocenters. The molecule has 0 bridgehead atoms. The van der Waals surface area contributed by atoms with Crippen LogP contribution in [0.1, 0.15) is 22.8 Å². The summed E-state index contributed by atoms with van der Waals surface area (Å²) in [7, 11) is 3.94. The topological polar surface area (TPSA) is 52.6 Å². The first-order chi connectivity index (χ1) is 7.93. The number of likely N-dealkylation sites (N-methyl/N-ethyl adjacent to an activating group) is 1. The monoisotopic (exact) mass is 236 g/mol. The van der Waals surface area contributed by atoms with E-state index in [0.29, 0.717) is 17.7 Å². The fourth-order valence-electron chi connectivity index (χ4n) is 1.39. The molecule has 0 spiro atoms. The molecule has 4 nitrogen and oxygen atoms in total. The molecule has 0 radical (unpaired) electrons. The van der Waals surface area contributed by atoms with Gasteiger partial charge in [-0.2, -0.15) is 0 Å². The Morgan fingerprint density at radius 2 is 2.12 bits per heavy atom. The van der Waals surface area contributed by atoms with E-state index in [0.717, 1.165) is 0 Å². The third-order valence-electron chi connectivity index (χ3n) is 2.99. The van der Waals surface area contributed by atoms with E-state index >= 15 is 0 Å². The smallest absolute Gasteiger partial charge is 0.251 e. The molecular formula is C13H20N2O2. The quantitative estimate of drug-likeness (QED) is 0.830. The Morgan fingerprint density at radius 3 is 2.71 bits per heavy atom. The van der Waals surface area contributed by atoms with Crippen LogP contribution in [0.5, 0.6) is 5.75 Å². The van der Waals surface area contributed by atoms with E-state index < -0.39 is 0 Å². The average Bonchev–Trinajstić information content (AvgIpc) is 2.29. The third-order valence-corrected chi connectivity index (χ3v) is 2.99. The van der Waals surface area contributed by atoms with Crippen molar-refractivity contribution in [1.82, 2.24) is 10.2 Å². The summed E-state index contributed by atoms with van der Waals surface area (Å²) in [5.41, 5.74) is 1.14. The van der Waals surface area contributed by atoms with E-state index in [-0.39, 0.29) is 17.7 Å². The number of phenols is 1. The number of nitrogens with one attached hydrogen (secondary N) is 1. The SMILES string of the molecule is Cc1c(O)cccc1C(=O)NCC(C)N(C)C. The Kier molecular flexibility index (Phi) is 4.52. The molecule has 1 rings (SSSR count). The van der Waals surface area contributed by atoms with Gasteiger partial charge in [-0.05, 0) is 40.1 Å². The van der Waals surface area contributed by atoms with Gasteiger partial charge in [-0.25, -0.2) is 0 Å². The van der Waals surface area contributed by atoms with Crippen molar-refractivity contribution in [3.8, 4) is 5.75 Å². The predicted molar refractivity (Wildman–Crippen MR) is 68.3 cm³/mol. The van der Waals surface area contributed by atoms with E-state index in [9.17, 15) is 9.90 Å². The zero-order chi connectivity index (χ0) is 13.0. The van der Waals surface area contributed by atoms with Gasteiger partial charge in [0.25, 0.3) is 5.91 Å². The number of hydrogen-bond acceptors (Lipinski definition) is 3. The number of rotatable bonds is 4. The summed E-state index contributed by atoms with van der Waals surface area (Å²) in [5.74, 6) is 0.00501. The molecule has 0 aliphatic heterocycles. The van der Waals surface area contributed by atoms with Gasteiger partial charge in [0.05, 0.1) is 0 Å². The molecule has 2 N–H and O–H groups in total. The molecule has 0 heterocycles. The molecule has 1 aromatic rings. The molecule has 0 aliphatic rings. The lowest BCUT2D eigenvalue weighted by Gasteiger charge is -2.20. The van der Waals surface area contributed by atoms with Crippen molar-refractivity contribution in [3.05, 3.63) is 29.3 Å². The highest BCUT2D eigenvalue weighted by molar-refractivity contribution is 5.96. The maximum atomic E-state index is 11.9. The number of benzene rings is 1. The van der Waals surface area contributed by atoms with Gasteiger partial charge in [-0.1, -0.05) is 6.07 Å². The van der Waals surface area contributed by atoms with Crippen molar-refractivity contribution < 1.29 is 9.90 Å². The number of aromatic hydroxyl groups is 1. The Hall–Kier alpha value is -1.55. The van der Waals surface area contributed by atoms with E-state index in [1.807, 2.05) is 25.9 Å². The molecule has 0 fully saturated rings. The second kappa shape index (κ2) is 5.68. The van der Waals surface area contributed by atoms with Gasteiger partial charge in [-0.3, -0.25) is 4.79 Å². The summed E-state index contributed by atoms with van der Waals surface area (Å²) < 4.78 is 0. The molecule has 17 heavy (non-hydrogen) atoms. The summed E-state index contributed by atoms with van der Waals surface area (Å²) in [6.07, 6.45) is 0. The number of hydrogen-bond donors (Lipinski definition) is 2. The molecule has 1 unspecified atom stereocenters. The van der Waals surface area contributed by atoms with Crippen LogP contribution in [0.25, 0.3) is 0 Å². The minimum Gasteiger partial charge on any atom is -0.508 e. The van der Waals surface area contributed by atoms with Crippen molar-refractivity contribution in [2.45, 2.75) is 19.9 Å². The fourth-order valence-corrected chi connectivity index (χ4v) is 1.39. The van der Waals surface area contributed by atoms with Crippen molar-refractivity contribution >= 4 is 5.91 Å². The first kappa shape index (κ1) is 13.5. The molecule has 94 valence electrons. The average molecular weight is 236 g/mol. The van der Waals surface area contributed by atoms with Crippen molar-refractivity contribution in [2.24, 2.45) is 0 Å². The van der Waals surface area contributed by atoms with Crippen LogP contribution in [0.4, 0.5) is 0 Å². The highest BCUT2D eigenvalue weighted by atomic mass is 16.3. The van der Waals surface area contributed by atoms with Crippen LogP contribution in [-0.2, 0) is 0 Å². The van der Waals surface area contributed by atoms with Gasteiger partial charge in [0, 0.05) is 23.7 Å². The zero-order valence-corrected chi connectivity index (χ0v) is 10.8. The lowest BCUT2D eigenvalue weighted by Crippen LogP contribution is -2.38. The first-order valence-corrected chi connectivity index (χ1v) is 5.66. The third kappa shape index (κ3) is 3.46. The molecule has 1 aromatic carbocycles. The molecule has 1 amide bonds. The van der Waals surface area contributed by atoms with Crippen molar-refractivity contribution in [3.63, 3.8) is 0 Å². The summed E-state index contributed by atoms with van der Waals surface area (Å²) >= 11 is 0. The van der Waals surface area contributed by atoms with Gasteiger partial charge < -0.3 is 15.3 Å². The molecule has 4 heteroatoms. The highest BCUT2D eigenvalue weighted by Crippen LogP contribution is 2.19. The lowest BCUT2D eigenvalue weighted by atomic mass is 10.1. The number of carbonyl (C=O) groups is 1. The van der Waals surface area contributed by atoms with Crippen LogP contribution in [0, 0.1) is 6.92 Å². The lowest BCUT2D eigenvalue weighted by molar-refractivity contribution is 0.0942. The second-order valence-electron chi connectivity index (χ2n) is 4.47. The number of phenolic OH excluding ortho intramolecular Hbond substituents is 1. The Morgan fingerprint density at radius 1 is 1.47 bits per heavy atom. The summed E-state index contributed by atoms with van der Waals surface area (Å²) in [6.45, 7) is 4.36. The highest BCUT2D eigenvalue weighted by Gasteiger charge is 2.12. The first-order valence-electron chi connectivity index (χ1n) is 5.66. The van der Waals surface area contributed by atoms with E-state index in [2.05, 4.69) is 5.32 Å². The van der Waals surface area contributed by atoms with E-state index in [4.69, 9.17) is 0 Å². The normalized spacial score (nSPS) is 12.5. The number of amides is 1. The maximum absolute atomic E-state index is 11.9. The molecular weight excluding hydrogens is 216 g/mol. The van der Waals surface area contributed by atoms with Crippen LogP contribution < -0.4 is 5.32 Å². The standard InChI is InChI=1S/C13H20N2O2/c1-9(15(3)4)8-14-13(17)11-6-5-7-12(16)10(11)2/h5-7,9,16H,8H2,1-4H3,(H,14,17). The van der Waals surface area contributed by atoms with Crippen LogP contribution in [0.3, 0.4) is 0 Å². The maximum Gasteiger partial charge on any atom is 0.251 e. The van der Waals surface area contributed by atoms with E-state index in [1.54, 1.807) is 25.1 Å². The number of carbonyl (C=O) groups excluding carboxylic acids is 1. The van der Waals surface area contributed by atoms with Crippen LogP contribution in [0.15, 0.2) is 18.2 Å². The molecule has 0 aromatic heterocycles. The number of nitrogens with zero attached hydrogens (tertiary/aromatic N) is 1. The van der Waals surface area contributed by atoms with Gasteiger partial charge in [0.1, 0.15) is 5.75 Å². The molecule has 0 aliphatic carbocycles. The Balaban J connectivity index is 2.68. The Labute approximate surface area is 102 Å². The van der Waals surface area contributed by atoms with Gasteiger partial charge in [-0.15, -0.1) is 0 Å². The summed E-state index contributed by atoms with van der Waals surface area (Å²) in [6, 6.07) is 5.24. The largest absolute Gasteiger partial charge is 0.508 e. The molecule has 0 saturated carbocycles. The van der Waals surface area contributed by atoms with Crippen LogP contribution in [0.2, 0.25) is 0 Å². The van der Waals surface area contributed by atoms with Crippen LogP contribution >= 0.6 is 0 Å². The predicted octanol–water partition coefficient (Wildman–Crippen LogP) is 1.38. The summed E-state index contributed by atoms with van der Waals surface area (Å²) in [4.78, 5) is 13.9. The Bertz CT molecular complexity index is 402. The minimum absolute atomic E-state index is 0.146. The minimum atomic E-state index is -0.146.